The number of sulfonamides is 1. The lowest BCUT2D eigenvalue weighted by Crippen LogP contribution is -2.41. The standard InChI is InChI=1S/C19H20N8O3S2.ClH/c1-11-3-5-13(6-4-11)16-25-26-19(31-16)24-17(20)23-18(21)27-32(29,30)15-9-7-14(8-10-15)22-12(2)28;/h3-10H,1-2H3,(H,22,28)(H5,20,21,23,24,26,27);1H. The number of hydrogen-bond acceptors (Lipinski definition) is 7. The molecule has 1 heterocycles. The molecule has 2 aromatic carbocycles. The van der Waals surface area contributed by atoms with Gasteiger partial charge in [0.25, 0.3) is 10.0 Å². The van der Waals surface area contributed by atoms with Crippen LogP contribution in [-0.4, -0.2) is 36.4 Å². The van der Waals surface area contributed by atoms with Crippen LogP contribution in [0.15, 0.2) is 62.8 Å². The summed E-state index contributed by atoms with van der Waals surface area (Å²) in [6, 6.07) is 13.2. The lowest BCUT2D eigenvalue weighted by Gasteiger charge is -2.05. The molecule has 0 saturated heterocycles. The average Bonchev–Trinajstić information content (AvgIpc) is 3.16. The Morgan fingerprint density at radius 3 is 2.24 bits per heavy atom. The van der Waals surface area contributed by atoms with Crippen LogP contribution in [-0.2, 0) is 14.8 Å². The minimum absolute atomic E-state index is 0. The predicted octanol–water partition coefficient (Wildman–Crippen LogP) is 2.13. The number of hydrogen-bond donors (Lipinski definition) is 4. The van der Waals surface area contributed by atoms with Gasteiger partial charge in [-0.15, -0.1) is 27.0 Å². The van der Waals surface area contributed by atoms with Crippen molar-refractivity contribution in [3.63, 3.8) is 0 Å². The van der Waals surface area contributed by atoms with Crippen molar-refractivity contribution in [2.24, 2.45) is 20.9 Å². The first-order valence-electron chi connectivity index (χ1n) is 9.12. The minimum Gasteiger partial charge on any atom is -0.369 e. The highest BCUT2D eigenvalue weighted by Gasteiger charge is 2.14. The summed E-state index contributed by atoms with van der Waals surface area (Å²) in [6.07, 6.45) is 0. The Morgan fingerprint density at radius 1 is 1.00 bits per heavy atom. The van der Waals surface area contributed by atoms with Gasteiger partial charge in [0.05, 0.1) is 4.90 Å². The minimum atomic E-state index is -4.11. The van der Waals surface area contributed by atoms with Crippen LogP contribution in [0.4, 0.5) is 10.8 Å². The molecule has 3 rings (SSSR count). The molecule has 3 aromatic rings. The Hall–Kier alpha value is -3.55. The largest absolute Gasteiger partial charge is 0.369 e. The van der Waals surface area contributed by atoms with Crippen LogP contribution in [0.2, 0.25) is 0 Å². The van der Waals surface area contributed by atoms with Crippen molar-refractivity contribution in [3.05, 3.63) is 54.1 Å². The maximum absolute atomic E-state index is 12.4. The third-order valence-corrected chi connectivity index (χ3v) is 6.05. The molecular formula is C19H21ClN8O3S2. The number of carbonyl (C=O) groups excluding carboxylic acids is 1. The van der Waals surface area contributed by atoms with E-state index in [0.29, 0.717) is 10.7 Å². The summed E-state index contributed by atoms with van der Waals surface area (Å²) in [6.45, 7) is 3.33. The second-order valence-electron chi connectivity index (χ2n) is 6.54. The molecular weight excluding hydrogens is 488 g/mol. The van der Waals surface area contributed by atoms with Crippen molar-refractivity contribution >= 4 is 62.4 Å². The number of aryl methyl sites for hydroxylation is 1. The SMILES string of the molecule is CC(=O)Nc1ccc(S(=O)(=O)/N=C(\N)N/C(N)=N/c2nnc(-c3ccc(C)cc3)s2)cc1.Cl. The van der Waals surface area contributed by atoms with Gasteiger partial charge in [-0.25, -0.2) is 0 Å². The summed E-state index contributed by atoms with van der Waals surface area (Å²) < 4.78 is 28.3. The van der Waals surface area contributed by atoms with Crippen molar-refractivity contribution in [2.45, 2.75) is 18.7 Å². The number of nitrogens with one attached hydrogen (secondary N) is 2. The van der Waals surface area contributed by atoms with Crippen molar-refractivity contribution in [2.75, 3.05) is 5.32 Å². The number of anilines is 1. The van der Waals surface area contributed by atoms with E-state index in [0.717, 1.165) is 11.1 Å². The fraction of sp³-hybridized carbons (Fsp3) is 0.105. The van der Waals surface area contributed by atoms with Crippen LogP contribution in [0.1, 0.15) is 12.5 Å². The molecule has 0 saturated carbocycles. The van der Waals surface area contributed by atoms with Gasteiger partial charge in [-0.1, -0.05) is 41.2 Å². The van der Waals surface area contributed by atoms with E-state index < -0.39 is 16.0 Å². The van der Waals surface area contributed by atoms with Crippen molar-refractivity contribution < 1.29 is 13.2 Å². The number of rotatable bonds is 5. The van der Waals surface area contributed by atoms with E-state index in [1.165, 1.54) is 42.5 Å². The summed E-state index contributed by atoms with van der Waals surface area (Å²) in [5, 5.41) is 13.9. The highest BCUT2D eigenvalue weighted by atomic mass is 35.5. The number of carbonyl (C=O) groups is 1. The average molecular weight is 509 g/mol. The molecule has 0 spiro atoms. The Kier molecular flexibility index (Phi) is 8.45. The van der Waals surface area contributed by atoms with Gasteiger partial charge < -0.3 is 16.8 Å². The molecule has 11 nitrogen and oxygen atoms in total. The number of aromatic nitrogens is 2. The Balaban J connectivity index is 0.00000385. The number of amides is 1. The molecule has 14 heteroatoms. The molecule has 0 bridgehead atoms. The number of nitrogens with zero attached hydrogens (tertiary/aromatic N) is 4. The summed E-state index contributed by atoms with van der Waals surface area (Å²) in [4.78, 5) is 15.0. The van der Waals surface area contributed by atoms with Crippen LogP contribution in [0.3, 0.4) is 0 Å². The van der Waals surface area contributed by atoms with Gasteiger partial charge in [-0.2, -0.15) is 13.4 Å². The zero-order chi connectivity index (χ0) is 23.3. The van der Waals surface area contributed by atoms with E-state index in [1.807, 2.05) is 31.2 Å². The molecule has 0 unspecified atom stereocenters. The van der Waals surface area contributed by atoms with Crippen molar-refractivity contribution in [1.82, 2.24) is 15.5 Å². The molecule has 0 aliphatic carbocycles. The topological polar surface area (TPSA) is 178 Å². The summed E-state index contributed by atoms with van der Waals surface area (Å²) in [5.74, 6) is -0.947. The van der Waals surface area contributed by atoms with E-state index in [2.05, 4.69) is 30.2 Å². The summed E-state index contributed by atoms with van der Waals surface area (Å²) in [7, 11) is -4.11. The van der Waals surface area contributed by atoms with Crippen LogP contribution < -0.4 is 22.1 Å². The number of nitrogens with two attached hydrogens (primary N) is 2. The Bertz CT molecular complexity index is 1290. The van der Waals surface area contributed by atoms with Crippen LogP contribution in [0, 0.1) is 6.92 Å². The number of halogens is 1. The highest BCUT2D eigenvalue weighted by molar-refractivity contribution is 7.90. The molecule has 0 atom stereocenters. The fourth-order valence-corrected chi connectivity index (χ4v) is 4.08. The monoisotopic (exact) mass is 508 g/mol. The summed E-state index contributed by atoms with van der Waals surface area (Å²) >= 11 is 1.20. The molecule has 0 aliphatic rings. The van der Waals surface area contributed by atoms with Crippen LogP contribution >= 0.6 is 23.7 Å². The summed E-state index contributed by atoms with van der Waals surface area (Å²) in [5.41, 5.74) is 13.9. The third kappa shape index (κ3) is 7.24. The predicted molar refractivity (Wildman–Crippen MR) is 131 cm³/mol. The number of guanidine groups is 2. The molecule has 6 N–H and O–H groups in total. The van der Waals surface area contributed by atoms with E-state index in [1.54, 1.807) is 0 Å². The molecule has 0 radical (unpaired) electrons. The Labute approximate surface area is 200 Å². The first kappa shape index (κ1) is 25.7. The maximum atomic E-state index is 12.4. The van der Waals surface area contributed by atoms with Gasteiger partial charge >= 0.3 is 0 Å². The van der Waals surface area contributed by atoms with E-state index in [9.17, 15) is 13.2 Å². The molecule has 33 heavy (non-hydrogen) atoms. The molecule has 1 aromatic heterocycles. The zero-order valence-corrected chi connectivity index (χ0v) is 20.0. The van der Waals surface area contributed by atoms with Crippen molar-refractivity contribution in [3.8, 4) is 10.6 Å². The molecule has 0 fully saturated rings. The fourth-order valence-electron chi connectivity index (χ4n) is 2.45. The van der Waals surface area contributed by atoms with Gasteiger partial charge in [-0.05, 0) is 31.2 Å². The van der Waals surface area contributed by atoms with Gasteiger partial charge in [-0.3, -0.25) is 10.1 Å². The van der Waals surface area contributed by atoms with Gasteiger partial charge in [0.2, 0.25) is 23.0 Å². The number of benzene rings is 2. The quantitative estimate of drug-likeness (QED) is 0.299. The maximum Gasteiger partial charge on any atom is 0.285 e. The zero-order valence-electron chi connectivity index (χ0n) is 17.5. The molecule has 174 valence electrons. The van der Waals surface area contributed by atoms with E-state index in [-0.39, 0.29) is 34.3 Å². The van der Waals surface area contributed by atoms with Gasteiger partial charge in [0.1, 0.15) is 5.01 Å². The lowest BCUT2D eigenvalue weighted by molar-refractivity contribution is -0.114. The Morgan fingerprint density at radius 2 is 1.64 bits per heavy atom. The second kappa shape index (κ2) is 10.8. The number of aliphatic imine (C=N–C) groups is 1. The lowest BCUT2D eigenvalue weighted by atomic mass is 10.2. The normalized spacial score (nSPS) is 12.1. The van der Waals surface area contributed by atoms with Crippen LogP contribution in [0.25, 0.3) is 10.6 Å². The smallest absolute Gasteiger partial charge is 0.285 e. The first-order chi connectivity index (χ1) is 15.1. The third-order valence-electron chi connectivity index (χ3n) is 3.88. The van der Waals surface area contributed by atoms with E-state index in [4.69, 9.17) is 11.5 Å². The highest BCUT2D eigenvalue weighted by Crippen LogP contribution is 2.28. The van der Waals surface area contributed by atoms with Gasteiger partial charge in [0, 0.05) is 18.2 Å². The van der Waals surface area contributed by atoms with Crippen LogP contribution in [0.5, 0.6) is 0 Å². The van der Waals surface area contributed by atoms with E-state index >= 15 is 0 Å². The second-order valence-corrected chi connectivity index (χ2v) is 9.10. The molecule has 1 amide bonds. The molecule has 0 aliphatic heterocycles. The van der Waals surface area contributed by atoms with Crippen molar-refractivity contribution in [1.29, 1.82) is 0 Å². The van der Waals surface area contributed by atoms with Gasteiger partial charge in [0.15, 0.2) is 0 Å². The first-order valence-corrected chi connectivity index (χ1v) is 11.4.